The summed E-state index contributed by atoms with van der Waals surface area (Å²) in [6, 6.07) is 22.0. The van der Waals surface area contributed by atoms with Crippen LogP contribution in [0.3, 0.4) is 0 Å². The first-order chi connectivity index (χ1) is 13.7. The van der Waals surface area contributed by atoms with Gasteiger partial charge in [0.05, 0.1) is 6.61 Å². The van der Waals surface area contributed by atoms with Crippen molar-refractivity contribution < 1.29 is 14.3 Å². The quantitative estimate of drug-likeness (QED) is 0.547. The normalized spacial score (nSPS) is 11.8. The number of benzene rings is 3. The highest BCUT2D eigenvalue weighted by Gasteiger charge is 2.15. The lowest BCUT2D eigenvalue weighted by Crippen LogP contribution is -2.37. The van der Waals surface area contributed by atoms with Crippen LogP contribution in [0.4, 0.5) is 0 Å². The van der Waals surface area contributed by atoms with Crippen LogP contribution in [0.25, 0.3) is 10.8 Å². The van der Waals surface area contributed by atoms with Crippen LogP contribution in [-0.2, 0) is 11.2 Å². The second-order valence-corrected chi connectivity index (χ2v) is 6.71. The number of rotatable bonds is 9. The molecular formula is C24H27NO3. The van der Waals surface area contributed by atoms with Crippen molar-refractivity contribution in [1.82, 2.24) is 5.32 Å². The maximum absolute atomic E-state index is 12.4. The fourth-order valence-corrected chi connectivity index (χ4v) is 3.11. The summed E-state index contributed by atoms with van der Waals surface area (Å²) in [4.78, 5) is 12.4. The van der Waals surface area contributed by atoms with Crippen molar-refractivity contribution in [3.63, 3.8) is 0 Å². The Labute approximate surface area is 166 Å². The fraction of sp³-hybridized carbons (Fsp3) is 0.292. The Morgan fingerprint density at radius 3 is 2.54 bits per heavy atom. The monoisotopic (exact) mass is 377 g/mol. The molecule has 1 unspecified atom stereocenters. The second-order valence-electron chi connectivity index (χ2n) is 6.71. The lowest BCUT2D eigenvalue weighted by molar-refractivity contribution is -0.127. The van der Waals surface area contributed by atoms with E-state index in [0.717, 1.165) is 35.1 Å². The highest BCUT2D eigenvalue weighted by atomic mass is 16.5. The number of hydrogen-bond donors (Lipinski definition) is 1. The van der Waals surface area contributed by atoms with Crippen LogP contribution in [-0.4, -0.2) is 25.2 Å². The van der Waals surface area contributed by atoms with Crippen LogP contribution in [0.1, 0.15) is 25.8 Å². The summed E-state index contributed by atoms with van der Waals surface area (Å²) in [6.07, 6.45) is 1.24. The van der Waals surface area contributed by atoms with Crippen molar-refractivity contribution >= 4 is 16.7 Å². The third-order valence-corrected chi connectivity index (χ3v) is 4.60. The summed E-state index contributed by atoms with van der Waals surface area (Å²) < 4.78 is 11.4. The van der Waals surface area contributed by atoms with E-state index in [9.17, 15) is 4.79 Å². The Morgan fingerprint density at radius 2 is 1.75 bits per heavy atom. The molecule has 1 atom stereocenters. The highest BCUT2D eigenvalue weighted by molar-refractivity contribution is 5.89. The van der Waals surface area contributed by atoms with E-state index in [1.807, 2.05) is 61.5 Å². The Bertz CT molecular complexity index is 900. The van der Waals surface area contributed by atoms with E-state index in [0.29, 0.717) is 13.2 Å². The van der Waals surface area contributed by atoms with E-state index in [-0.39, 0.29) is 5.91 Å². The van der Waals surface area contributed by atoms with Gasteiger partial charge in [-0.05, 0) is 55.8 Å². The lowest BCUT2D eigenvalue weighted by atomic mass is 10.1. The van der Waals surface area contributed by atoms with Crippen LogP contribution in [0.5, 0.6) is 11.5 Å². The molecule has 3 rings (SSSR count). The third-order valence-electron chi connectivity index (χ3n) is 4.60. The molecule has 3 aromatic carbocycles. The fourth-order valence-electron chi connectivity index (χ4n) is 3.11. The van der Waals surface area contributed by atoms with Crippen LogP contribution in [0.2, 0.25) is 0 Å². The van der Waals surface area contributed by atoms with Crippen LogP contribution in [0, 0.1) is 0 Å². The van der Waals surface area contributed by atoms with Crippen molar-refractivity contribution in [2.75, 3.05) is 13.2 Å². The molecule has 0 heterocycles. The minimum absolute atomic E-state index is 0.0976. The Balaban J connectivity index is 1.45. The van der Waals surface area contributed by atoms with E-state index in [1.54, 1.807) is 6.92 Å². The molecule has 4 nitrogen and oxygen atoms in total. The Hall–Kier alpha value is -3.01. The first-order valence-corrected chi connectivity index (χ1v) is 9.81. The number of hydrogen-bond acceptors (Lipinski definition) is 3. The van der Waals surface area contributed by atoms with Crippen molar-refractivity contribution in [1.29, 1.82) is 0 Å². The van der Waals surface area contributed by atoms with E-state index in [1.165, 1.54) is 5.56 Å². The number of aryl methyl sites for hydroxylation is 1. The first kappa shape index (κ1) is 19.7. The van der Waals surface area contributed by atoms with E-state index >= 15 is 0 Å². The van der Waals surface area contributed by atoms with Gasteiger partial charge in [-0.2, -0.15) is 0 Å². The van der Waals surface area contributed by atoms with Crippen molar-refractivity contribution in [2.45, 2.75) is 32.8 Å². The summed E-state index contributed by atoms with van der Waals surface area (Å²) >= 11 is 0. The Kier molecular flexibility index (Phi) is 6.90. The smallest absolute Gasteiger partial charge is 0.260 e. The van der Waals surface area contributed by atoms with Gasteiger partial charge in [0, 0.05) is 11.9 Å². The molecule has 4 heteroatoms. The number of nitrogens with one attached hydrogen (secondary N) is 1. The van der Waals surface area contributed by atoms with E-state index in [4.69, 9.17) is 9.47 Å². The third kappa shape index (κ3) is 5.26. The van der Waals surface area contributed by atoms with E-state index < -0.39 is 6.10 Å². The van der Waals surface area contributed by atoms with Gasteiger partial charge in [0.25, 0.3) is 5.91 Å². The maximum Gasteiger partial charge on any atom is 0.260 e. The summed E-state index contributed by atoms with van der Waals surface area (Å²) in [5.74, 6) is 1.52. The highest BCUT2D eigenvalue weighted by Crippen LogP contribution is 2.26. The second kappa shape index (κ2) is 9.79. The van der Waals surface area contributed by atoms with E-state index in [2.05, 4.69) is 17.4 Å². The first-order valence-electron chi connectivity index (χ1n) is 9.81. The standard InChI is InChI=1S/C24H27NO3/c1-3-27-21-15-13-19(14-16-21)8-7-17-25-24(26)18(2)28-23-12-6-10-20-9-4-5-11-22(20)23/h4-6,9-16,18H,3,7-8,17H2,1-2H3,(H,25,26). The zero-order valence-corrected chi connectivity index (χ0v) is 16.5. The minimum Gasteiger partial charge on any atom is -0.494 e. The molecule has 0 fully saturated rings. The molecule has 0 bridgehead atoms. The summed E-state index contributed by atoms with van der Waals surface area (Å²) in [7, 11) is 0. The van der Waals surface area contributed by atoms with Gasteiger partial charge in [0.15, 0.2) is 6.10 Å². The predicted molar refractivity (Wildman–Crippen MR) is 113 cm³/mol. The van der Waals surface area contributed by atoms with Gasteiger partial charge < -0.3 is 14.8 Å². The summed E-state index contributed by atoms with van der Waals surface area (Å²) in [5.41, 5.74) is 1.23. The molecule has 146 valence electrons. The molecule has 0 spiro atoms. The minimum atomic E-state index is -0.545. The van der Waals surface area contributed by atoms with Gasteiger partial charge in [0.1, 0.15) is 11.5 Å². The van der Waals surface area contributed by atoms with Gasteiger partial charge in [-0.25, -0.2) is 0 Å². The van der Waals surface area contributed by atoms with Gasteiger partial charge >= 0.3 is 0 Å². The molecule has 0 aliphatic heterocycles. The van der Waals surface area contributed by atoms with Crippen molar-refractivity contribution in [3.8, 4) is 11.5 Å². The van der Waals surface area contributed by atoms with Crippen LogP contribution in [0.15, 0.2) is 66.7 Å². The number of fused-ring (bicyclic) bond motifs is 1. The summed E-state index contributed by atoms with van der Waals surface area (Å²) in [6.45, 7) is 5.05. The molecule has 0 aliphatic carbocycles. The van der Waals surface area contributed by atoms with Crippen molar-refractivity contribution in [2.24, 2.45) is 0 Å². The van der Waals surface area contributed by atoms with Crippen molar-refractivity contribution in [3.05, 3.63) is 72.3 Å². The molecule has 1 N–H and O–H groups in total. The van der Waals surface area contributed by atoms with Crippen LogP contribution >= 0.6 is 0 Å². The summed E-state index contributed by atoms with van der Waals surface area (Å²) in [5, 5.41) is 5.08. The molecule has 0 radical (unpaired) electrons. The van der Waals surface area contributed by atoms with Gasteiger partial charge in [-0.15, -0.1) is 0 Å². The number of ether oxygens (including phenoxy) is 2. The average molecular weight is 377 g/mol. The molecule has 0 saturated heterocycles. The average Bonchev–Trinajstić information content (AvgIpc) is 2.72. The van der Waals surface area contributed by atoms with Crippen LogP contribution < -0.4 is 14.8 Å². The largest absolute Gasteiger partial charge is 0.494 e. The zero-order valence-electron chi connectivity index (χ0n) is 16.5. The molecule has 1 amide bonds. The lowest BCUT2D eigenvalue weighted by Gasteiger charge is -2.16. The number of carbonyl (C=O) groups is 1. The molecule has 0 saturated carbocycles. The maximum atomic E-state index is 12.4. The molecule has 0 aliphatic rings. The molecular weight excluding hydrogens is 350 g/mol. The topological polar surface area (TPSA) is 47.6 Å². The van der Waals surface area contributed by atoms with Gasteiger partial charge in [-0.3, -0.25) is 4.79 Å². The zero-order chi connectivity index (χ0) is 19.8. The number of carbonyl (C=O) groups excluding carboxylic acids is 1. The molecule has 0 aromatic heterocycles. The Morgan fingerprint density at radius 1 is 1.00 bits per heavy atom. The SMILES string of the molecule is CCOc1ccc(CCCNC(=O)C(C)Oc2cccc3ccccc23)cc1. The van der Waals surface area contributed by atoms with Gasteiger partial charge in [0.2, 0.25) is 0 Å². The predicted octanol–water partition coefficient (Wildman–Crippen LogP) is 4.75. The van der Waals surface area contributed by atoms with Gasteiger partial charge in [-0.1, -0.05) is 48.5 Å². The molecule has 28 heavy (non-hydrogen) atoms. The number of amides is 1. The molecule has 3 aromatic rings.